The van der Waals surface area contributed by atoms with E-state index >= 15 is 0 Å². The topological polar surface area (TPSA) is 12.9 Å². The van der Waals surface area contributed by atoms with Gasteiger partial charge in [0.05, 0.1) is 0 Å². The molecule has 0 spiro atoms. The van der Waals surface area contributed by atoms with Gasteiger partial charge in [-0.1, -0.05) is 0 Å². The minimum Gasteiger partial charge on any atom is -0.264 e. The summed E-state index contributed by atoms with van der Waals surface area (Å²) in [5.74, 6) is 1.27. The Hall–Kier alpha value is -0.500. The third-order valence-electron chi connectivity index (χ3n) is 1.96. The Bertz CT molecular complexity index is 222. The Morgan fingerprint density at radius 2 is 2.36 bits per heavy atom. The highest BCUT2D eigenvalue weighted by molar-refractivity contribution is 7.99. The minimum atomic E-state index is 1.22. The molecule has 0 aliphatic carbocycles. The van der Waals surface area contributed by atoms with Crippen molar-refractivity contribution >= 4 is 11.8 Å². The first-order chi connectivity index (χ1) is 5.47. The number of fused-ring (bicyclic) bond motifs is 1. The van der Waals surface area contributed by atoms with Crippen molar-refractivity contribution in [1.82, 2.24) is 4.98 Å². The van der Waals surface area contributed by atoms with Gasteiger partial charge in [0.25, 0.3) is 0 Å². The van der Waals surface area contributed by atoms with Crippen LogP contribution < -0.4 is 0 Å². The van der Waals surface area contributed by atoms with Crippen molar-refractivity contribution in [2.75, 3.05) is 5.75 Å². The van der Waals surface area contributed by atoms with E-state index in [-0.39, 0.29) is 0 Å². The summed E-state index contributed by atoms with van der Waals surface area (Å²) in [6.07, 6.45) is 7.78. The van der Waals surface area contributed by atoms with E-state index in [9.17, 15) is 0 Å². The van der Waals surface area contributed by atoms with E-state index in [0.717, 1.165) is 0 Å². The van der Waals surface area contributed by atoms with Crippen LogP contribution in [0.25, 0.3) is 0 Å². The molecule has 2 rings (SSSR count). The summed E-state index contributed by atoms with van der Waals surface area (Å²) in [7, 11) is 0. The molecule has 0 amide bonds. The number of pyridine rings is 1. The predicted octanol–water partition coefficient (Wildman–Crippen LogP) is 2.51. The molecule has 11 heavy (non-hydrogen) atoms. The fourth-order valence-corrected chi connectivity index (χ4v) is 2.41. The fraction of sp³-hybridized carbons (Fsp3) is 0.444. The first-order valence-corrected chi connectivity index (χ1v) is 5.01. The third kappa shape index (κ3) is 1.56. The van der Waals surface area contributed by atoms with Crippen molar-refractivity contribution in [2.24, 2.45) is 0 Å². The van der Waals surface area contributed by atoms with E-state index in [1.54, 1.807) is 0 Å². The molecule has 0 unspecified atom stereocenters. The molecule has 0 N–H and O–H groups in total. The Morgan fingerprint density at radius 1 is 1.36 bits per heavy atom. The maximum atomic E-state index is 4.13. The first kappa shape index (κ1) is 7.17. The molecule has 1 aromatic heterocycles. The summed E-state index contributed by atoms with van der Waals surface area (Å²) in [5.41, 5.74) is 1.44. The van der Waals surface area contributed by atoms with Gasteiger partial charge < -0.3 is 0 Å². The van der Waals surface area contributed by atoms with Gasteiger partial charge in [-0.2, -0.15) is 0 Å². The lowest BCUT2D eigenvalue weighted by Crippen LogP contribution is -1.85. The van der Waals surface area contributed by atoms with Crippen molar-refractivity contribution in [1.29, 1.82) is 0 Å². The van der Waals surface area contributed by atoms with Gasteiger partial charge in [-0.15, -0.1) is 11.8 Å². The van der Waals surface area contributed by atoms with E-state index in [2.05, 4.69) is 11.1 Å². The van der Waals surface area contributed by atoms with Crippen LogP contribution in [0.2, 0.25) is 0 Å². The molecule has 1 aromatic rings. The van der Waals surface area contributed by atoms with E-state index in [4.69, 9.17) is 0 Å². The zero-order valence-electron chi connectivity index (χ0n) is 6.42. The monoisotopic (exact) mass is 165 g/mol. The van der Waals surface area contributed by atoms with E-state index < -0.39 is 0 Å². The highest BCUT2D eigenvalue weighted by Gasteiger charge is 2.06. The quantitative estimate of drug-likeness (QED) is 0.586. The standard InChI is InChI=1S/C9H11NS/c1-2-6-11-9-4-5-10-7-8(9)3-1/h4-5,7H,1-3,6H2. The maximum Gasteiger partial charge on any atom is 0.0311 e. The molecular weight excluding hydrogens is 154 g/mol. The van der Waals surface area contributed by atoms with Crippen molar-refractivity contribution in [3.63, 3.8) is 0 Å². The highest BCUT2D eigenvalue weighted by Crippen LogP contribution is 2.27. The third-order valence-corrected chi connectivity index (χ3v) is 3.16. The molecule has 2 heterocycles. The molecule has 0 bridgehead atoms. The Morgan fingerprint density at radius 3 is 3.36 bits per heavy atom. The molecule has 0 fully saturated rings. The molecule has 1 aliphatic heterocycles. The van der Waals surface area contributed by atoms with Crippen LogP contribution in [-0.4, -0.2) is 10.7 Å². The molecule has 0 atom stereocenters. The SMILES string of the molecule is c1cc2c(cn1)CCCCS2. The van der Waals surface area contributed by atoms with Crippen LogP contribution in [-0.2, 0) is 6.42 Å². The second-order valence-electron chi connectivity index (χ2n) is 2.79. The van der Waals surface area contributed by atoms with Gasteiger partial charge >= 0.3 is 0 Å². The van der Waals surface area contributed by atoms with Crippen molar-refractivity contribution < 1.29 is 0 Å². The van der Waals surface area contributed by atoms with Gasteiger partial charge in [-0.3, -0.25) is 4.98 Å². The second kappa shape index (κ2) is 3.26. The molecule has 0 aromatic carbocycles. The Labute approximate surface area is 71.2 Å². The van der Waals surface area contributed by atoms with Crippen LogP contribution in [0.5, 0.6) is 0 Å². The highest BCUT2D eigenvalue weighted by atomic mass is 32.2. The van der Waals surface area contributed by atoms with Crippen molar-refractivity contribution in [2.45, 2.75) is 24.2 Å². The lowest BCUT2D eigenvalue weighted by molar-refractivity contribution is 0.800. The van der Waals surface area contributed by atoms with Gasteiger partial charge in [0.1, 0.15) is 0 Å². The summed E-state index contributed by atoms with van der Waals surface area (Å²) in [5, 5.41) is 0. The Balaban J connectivity index is 2.33. The summed E-state index contributed by atoms with van der Waals surface area (Å²) in [6, 6.07) is 2.13. The fourth-order valence-electron chi connectivity index (χ4n) is 1.34. The van der Waals surface area contributed by atoms with Crippen molar-refractivity contribution in [3.05, 3.63) is 24.0 Å². The number of aromatic nitrogens is 1. The normalized spacial score (nSPS) is 17.1. The van der Waals surface area contributed by atoms with Gasteiger partial charge in [0.2, 0.25) is 0 Å². The average molecular weight is 165 g/mol. The minimum absolute atomic E-state index is 1.22. The Kier molecular flexibility index (Phi) is 2.13. The molecule has 2 heteroatoms. The van der Waals surface area contributed by atoms with E-state index in [0.29, 0.717) is 0 Å². The maximum absolute atomic E-state index is 4.13. The second-order valence-corrected chi connectivity index (χ2v) is 3.93. The van der Waals surface area contributed by atoms with Crippen LogP contribution in [0, 0.1) is 0 Å². The van der Waals surface area contributed by atoms with Crippen LogP contribution in [0.4, 0.5) is 0 Å². The van der Waals surface area contributed by atoms with E-state index in [1.807, 2.05) is 24.2 Å². The van der Waals surface area contributed by atoms with E-state index in [1.165, 1.54) is 35.5 Å². The number of rotatable bonds is 0. The predicted molar refractivity (Wildman–Crippen MR) is 47.9 cm³/mol. The molecule has 0 saturated heterocycles. The van der Waals surface area contributed by atoms with Crippen LogP contribution in [0.15, 0.2) is 23.4 Å². The largest absolute Gasteiger partial charge is 0.264 e. The van der Waals surface area contributed by atoms with Gasteiger partial charge in [-0.25, -0.2) is 0 Å². The number of thioether (sulfide) groups is 1. The van der Waals surface area contributed by atoms with Gasteiger partial charge in [-0.05, 0) is 36.6 Å². The summed E-state index contributed by atoms with van der Waals surface area (Å²) in [4.78, 5) is 5.57. The number of hydrogen-bond donors (Lipinski definition) is 0. The van der Waals surface area contributed by atoms with Gasteiger partial charge in [0.15, 0.2) is 0 Å². The van der Waals surface area contributed by atoms with Crippen LogP contribution in [0.1, 0.15) is 18.4 Å². The molecule has 1 nitrogen and oxygen atoms in total. The molecule has 0 saturated carbocycles. The first-order valence-electron chi connectivity index (χ1n) is 4.02. The lowest BCUT2D eigenvalue weighted by Gasteiger charge is -2.00. The smallest absolute Gasteiger partial charge is 0.0311 e. The van der Waals surface area contributed by atoms with Crippen molar-refractivity contribution in [3.8, 4) is 0 Å². The molecule has 0 radical (unpaired) electrons. The molecule has 1 aliphatic rings. The number of aryl methyl sites for hydroxylation is 1. The summed E-state index contributed by atoms with van der Waals surface area (Å²) in [6.45, 7) is 0. The zero-order valence-corrected chi connectivity index (χ0v) is 7.23. The number of nitrogens with zero attached hydrogens (tertiary/aromatic N) is 1. The van der Waals surface area contributed by atoms with Crippen LogP contribution in [0.3, 0.4) is 0 Å². The van der Waals surface area contributed by atoms with Gasteiger partial charge in [0, 0.05) is 17.3 Å². The number of hydrogen-bond acceptors (Lipinski definition) is 2. The molecule has 58 valence electrons. The summed E-state index contributed by atoms with van der Waals surface area (Å²) >= 11 is 1.97. The van der Waals surface area contributed by atoms with Crippen LogP contribution >= 0.6 is 11.8 Å². The average Bonchev–Trinajstić information content (AvgIpc) is 2.28. The lowest BCUT2D eigenvalue weighted by atomic mass is 10.1. The molecular formula is C9H11NS. The summed E-state index contributed by atoms with van der Waals surface area (Å²) < 4.78 is 0. The zero-order chi connectivity index (χ0) is 7.52.